The first-order chi connectivity index (χ1) is 16.9. The number of rotatable bonds is 5. The number of ether oxygens (including phenoxy) is 1. The molecule has 0 bridgehead atoms. The molecule has 8 heteroatoms. The van der Waals surface area contributed by atoms with E-state index in [4.69, 9.17) is 4.74 Å². The molecule has 4 rings (SSSR count). The number of benzene rings is 1. The predicted molar refractivity (Wildman–Crippen MR) is 134 cm³/mol. The number of nitrogens with zero attached hydrogens (tertiary/aromatic N) is 3. The standard InChI is InChI=1S/C27H34N4O4/c1-18-4-10-23(16-19(18)2)29-25(32)22-9-11-24(28-17-22)30-12-14-31(15-13-30)26(33)20-5-7-21(8-6-20)27(34)35-3/h4,9-11,16-17,20-21H,5-8,12-15H2,1-3H3,(H,29,32). The Kier molecular flexibility index (Phi) is 7.68. The normalized spacial score (nSPS) is 20.3. The highest BCUT2D eigenvalue weighted by Crippen LogP contribution is 2.31. The van der Waals surface area contributed by atoms with E-state index in [0.717, 1.165) is 42.8 Å². The highest BCUT2D eigenvalue weighted by molar-refractivity contribution is 6.04. The number of carbonyl (C=O) groups excluding carboxylic acids is 3. The van der Waals surface area contributed by atoms with Crippen molar-refractivity contribution in [2.24, 2.45) is 11.8 Å². The van der Waals surface area contributed by atoms with Crippen molar-refractivity contribution in [1.29, 1.82) is 0 Å². The third kappa shape index (κ3) is 5.81. The Morgan fingerprint density at radius 3 is 2.20 bits per heavy atom. The van der Waals surface area contributed by atoms with Crippen LogP contribution in [0.4, 0.5) is 11.5 Å². The molecule has 2 fully saturated rings. The summed E-state index contributed by atoms with van der Waals surface area (Å²) >= 11 is 0. The van der Waals surface area contributed by atoms with Gasteiger partial charge < -0.3 is 19.9 Å². The lowest BCUT2D eigenvalue weighted by atomic mass is 9.81. The monoisotopic (exact) mass is 478 g/mol. The molecule has 2 heterocycles. The molecule has 1 saturated heterocycles. The van der Waals surface area contributed by atoms with Gasteiger partial charge in [-0.1, -0.05) is 6.07 Å². The zero-order valence-electron chi connectivity index (χ0n) is 20.8. The molecule has 1 N–H and O–H groups in total. The lowest BCUT2D eigenvalue weighted by Crippen LogP contribution is -2.51. The number of piperazine rings is 1. The van der Waals surface area contributed by atoms with Gasteiger partial charge in [0.15, 0.2) is 0 Å². The number of carbonyl (C=O) groups is 3. The number of anilines is 2. The van der Waals surface area contributed by atoms with Crippen molar-refractivity contribution in [2.45, 2.75) is 39.5 Å². The van der Waals surface area contributed by atoms with Crippen LogP contribution >= 0.6 is 0 Å². The predicted octanol–water partition coefficient (Wildman–Crippen LogP) is 3.58. The van der Waals surface area contributed by atoms with Gasteiger partial charge in [0, 0.05) is 44.0 Å². The summed E-state index contributed by atoms with van der Waals surface area (Å²) in [5.74, 6) is 0.571. The summed E-state index contributed by atoms with van der Waals surface area (Å²) in [6, 6.07) is 9.50. The molecular formula is C27H34N4O4. The second-order valence-corrected chi connectivity index (χ2v) is 9.54. The Bertz CT molecular complexity index is 1070. The second kappa shape index (κ2) is 10.9. The first kappa shape index (κ1) is 24.7. The van der Waals surface area contributed by atoms with Crippen LogP contribution < -0.4 is 10.2 Å². The van der Waals surface area contributed by atoms with Gasteiger partial charge in [0.05, 0.1) is 18.6 Å². The summed E-state index contributed by atoms with van der Waals surface area (Å²) in [5.41, 5.74) is 3.58. The number of pyridine rings is 1. The Morgan fingerprint density at radius 2 is 1.60 bits per heavy atom. The molecule has 0 spiro atoms. The van der Waals surface area contributed by atoms with Crippen molar-refractivity contribution in [1.82, 2.24) is 9.88 Å². The first-order valence-corrected chi connectivity index (χ1v) is 12.3. The molecule has 2 amide bonds. The number of methoxy groups -OCH3 is 1. The molecular weight excluding hydrogens is 444 g/mol. The number of aromatic nitrogens is 1. The van der Waals surface area contributed by atoms with E-state index >= 15 is 0 Å². The highest BCUT2D eigenvalue weighted by Gasteiger charge is 2.33. The van der Waals surface area contributed by atoms with Gasteiger partial charge in [0.1, 0.15) is 5.82 Å². The van der Waals surface area contributed by atoms with Crippen LogP contribution in [0.15, 0.2) is 36.5 Å². The van der Waals surface area contributed by atoms with E-state index in [1.807, 2.05) is 43.0 Å². The zero-order valence-corrected chi connectivity index (χ0v) is 20.8. The molecule has 35 heavy (non-hydrogen) atoms. The van der Waals surface area contributed by atoms with Crippen LogP contribution in [0.5, 0.6) is 0 Å². The minimum Gasteiger partial charge on any atom is -0.469 e. The number of esters is 1. The molecule has 1 aromatic carbocycles. The molecule has 8 nitrogen and oxygen atoms in total. The zero-order chi connectivity index (χ0) is 24.9. The third-order valence-corrected chi connectivity index (χ3v) is 7.30. The van der Waals surface area contributed by atoms with Crippen molar-refractivity contribution in [3.05, 3.63) is 53.2 Å². The summed E-state index contributed by atoms with van der Waals surface area (Å²) in [6.45, 7) is 6.75. The third-order valence-electron chi connectivity index (χ3n) is 7.30. The second-order valence-electron chi connectivity index (χ2n) is 9.54. The van der Waals surface area contributed by atoms with E-state index in [-0.39, 0.29) is 29.6 Å². The fraction of sp³-hybridized carbons (Fsp3) is 0.481. The minimum atomic E-state index is -0.190. The lowest BCUT2D eigenvalue weighted by Gasteiger charge is -2.38. The maximum atomic E-state index is 13.0. The number of hydrogen-bond acceptors (Lipinski definition) is 6. The van der Waals surface area contributed by atoms with Gasteiger partial charge in [0.25, 0.3) is 5.91 Å². The van der Waals surface area contributed by atoms with Gasteiger partial charge in [-0.25, -0.2) is 4.98 Å². The van der Waals surface area contributed by atoms with Crippen LogP contribution in [-0.4, -0.2) is 61.0 Å². The number of hydrogen-bond donors (Lipinski definition) is 1. The average molecular weight is 479 g/mol. The topological polar surface area (TPSA) is 91.8 Å². The number of nitrogens with one attached hydrogen (secondary N) is 1. The van der Waals surface area contributed by atoms with Gasteiger partial charge in [0.2, 0.25) is 5.91 Å². The van der Waals surface area contributed by atoms with E-state index in [0.29, 0.717) is 31.7 Å². The molecule has 2 aromatic rings. The van der Waals surface area contributed by atoms with Crippen molar-refractivity contribution >= 4 is 29.3 Å². The minimum absolute atomic E-state index is 0.00399. The number of amides is 2. The Morgan fingerprint density at radius 1 is 0.914 bits per heavy atom. The van der Waals surface area contributed by atoms with Crippen molar-refractivity contribution in [3.8, 4) is 0 Å². The largest absolute Gasteiger partial charge is 0.469 e. The van der Waals surface area contributed by atoms with E-state index in [1.54, 1.807) is 12.3 Å². The first-order valence-electron chi connectivity index (χ1n) is 12.3. The Hall–Kier alpha value is -3.42. The van der Waals surface area contributed by atoms with Gasteiger partial charge in [-0.3, -0.25) is 14.4 Å². The van der Waals surface area contributed by atoms with E-state index in [1.165, 1.54) is 12.7 Å². The molecule has 0 atom stereocenters. The van der Waals surface area contributed by atoms with E-state index in [2.05, 4.69) is 15.2 Å². The summed E-state index contributed by atoms with van der Waals surface area (Å²) < 4.78 is 4.84. The SMILES string of the molecule is COC(=O)C1CCC(C(=O)N2CCN(c3ccc(C(=O)Nc4ccc(C)c(C)c4)cn3)CC2)CC1. The molecule has 0 radical (unpaired) electrons. The van der Waals surface area contributed by atoms with Crippen molar-refractivity contribution < 1.29 is 19.1 Å². The van der Waals surface area contributed by atoms with Crippen LogP contribution in [-0.2, 0) is 14.3 Å². The van der Waals surface area contributed by atoms with Crippen LogP contribution in [0.25, 0.3) is 0 Å². The smallest absolute Gasteiger partial charge is 0.308 e. The molecule has 1 saturated carbocycles. The quantitative estimate of drug-likeness (QED) is 0.661. The van der Waals surface area contributed by atoms with Crippen molar-refractivity contribution in [2.75, 3.05) is 43.5 Å². The van der Waals surface area contributed by atoms with Crippen LogP contribution in [0.1, 0.15) is 47.2 Å². The summed E-state index contributed by atoms with van der Waals surface area (Å²) in [6.07, 6.45) is 4.52. The molecule has 1 aliphatic carbocycles. The fourth-order valence-corrected chi connectivity index (χ4v) is 4.89. The Balaban J connectivity index is 1.27. The molecule has 0 unspecified atom stereocenters. The summed E-state index contributed by atoms with van der Waals surface area (Å²) in [5, 5.41) is 2.92. The van der Waals surface area contributed by atoms with E-state index in [9.17, 15) is 14.4 Å². The highest BCUT2D eigenvalue weighted by atomic mass is 16.5. The van der Waals surface area contributed by atoms with Gasteiger partial charge in [-0.15, -0.1) is 0 Å². The fourth-order valence-electron chi connectivity index (χ4n) is 4.89. The Labute approximate surface area is 206 Å². The molecule has 1 aromatic heterocycles. The average Bonchev–Trinajstić information content (AvgIpc) is 2.90. The maximum Gasteiger partial charge on any atom is 0.308 e. The summed E-state index contributed by atoms with van der Waals surface area (Å²) in [7, 11) is 1.42. The maximum absolute atomic E-state index is 13.0. The molecule has 1 aliphatic heterocycles. The summed E-state index contributed by atoms with van der Waals surface area (Å²) in [4.78, 5) is 45.9. The van der Waals surface area contributed by atoms with E-state index < -0.39 is 0 Å². The molecule has 186 valence electrons. The number of aryl methyl sites for hydroxylation is 2. The lowest BCUT2D eigenvalue weighted by molar-refractivity contribution is -0.148. The van der Waals surface area contributed by atoms with Crippen LogP contribution in [0, 0.1) is 25.7 Å². The van der Waals surface area contributed by atoms with Gasteiger partial charge in [-0.2, -0.15) is 0 Å². The van der Waals surface area contributed by atoms with Crippen LogP contribution in [0.3, 0.4) is 0 Å². The van der Waals surface area contributed by atoms with Gasteiger partial charge in [-0.05, 0) is 74.9 Å². The van der Waals surface area contributed by atoms with Crippen LogP contribution in [0.2, 0.25) is 0 Å². The van der Waals surface area contributed by atoms with Crippen molar-refractivity contribution in [3.63, 3.8) is 0 Å². The van der Waals surface area contributed by atoms with Gasteiger partial charge >= 0.3 is 5.97 Å². The molecule has 2 aliphatic rings.